The van der Waals surface area contributed by atoms with E-state index in [9.17, 15) is 9.59 Å². The van der Waals surface area contributed by atoms with Gasteiger partial charge < -0.3 is 5.32 Å². The molecule has 0 aliphatic carbocycles. The van der Waals surface area contributed by atoms with E-state index in [1.165, 1.54) is 0 Å². The van der Waals surface area contributed by atoms with Gasteiger partial charge in [0.15, 0.2) is 0 Å². The number of benzene rings is 1. The lowest BCUT2D eigenvalue weighted by Crippen LogP contribution is -2.30. The molecule has 0 unspecified atom stereocenters. The molecule has 2 aromatic rings. The van der Waals surface area contributed by atoms with Gasteiger partial charge in [0.1, 0.15) is 5.82 Å². The summed E-state index contributed by atoms with van der Waals surface area (Å²) in [6.07, 6.45) is 2.10. The quantitative estimate of drug-likeness (QED) is 0.947. The number of rotatable bonds is 3. The Balaban J connectivity index is 2.42. The molecule has 2 amide bonds. The highest BCUT2D eigenvalue weighted by atomic mass is 16.2. The number of pyridine rings is 1. The van der Waals surface area contributed by atoms with Crippen molar-refractivity contribution in [3.63, 3.8) is 0 Å². The number of carbonyl (C=O) groups is 2. The molecule has 0 aliphatic rings. The van der Waals surface area contributed by atoms with Crippen molar-refractivity contribution in [1.29, 1.82) is 0 Å². The first-order valence-corrected chi connectivity index (χ1v) is 7.60. The lowest BCUT2D eigenvalue weighted by molar-refractivity contribution is -0.120. The predicted molar refractivity (Wildman–Crippen MR) is 92.6 cm³/mol. The average molecular weight is 313 g/mol. The van der Waals surface area contributed by atoms with Crippen LogP contribution in [0.1, 0.15) is 37.6 Å². The molecule has 0 fully saturated rings. The second-order valence-electron chi connectivity index (χ2n) is 6.84. The van der Waals surface area contributed by atoms with Gasteiger partial charge in [0.05, 0.1) is 0 Å². The number of anilines is 1. The van der Waals surface area contributed by atoms with Crippen LogP contribution < -0.4 is 10.2 Å². The minimum atomic E-state index is -0.137. The summed E-state index contributed by atoms with van der Waals surface area (Å²) in [5.41, 5.74) is 0.503. The van der Waals surface area contributed by atoms with Gasteiger partial charge in [-0.15, -0.1) is 0 Å². The van der Waals surface area contributed by atoms with E-state index in [-0.39, 0.29) is 17.2 Å². The topological polar surface area (TPSA) is 62.3 Å². The van der Waals surface area contributed by atoms with Crippen molar-refractivity contribution in [2.45, 2.75) is 27.2 Å². The summed E-state index contributed by atoms with van der Waals surface area (Å²) < 4.78 is 0. The molecule has 0 aliphatic heterocycles. The Morgan fingerprint density at radius 3 is 2.52 bits per heavy atom. The summed E-state index contributed by atoms with van der Waals surface area (Å²) in [6.45, 7) is 6.10. The maximum atomic E-state index is 12.4. The first-order valence-electron chi connectivity index (χ1n) is 7.60. The molecule has 0 atom stereocenters. The Bertz CT molecular complexity index is 748. The second kappa shape index (κ2) is 6.36. The lowest BCUT2D eigenvalue weighted by Gasteiger charge is -2.23. The van der Waals surface area contributed by atoms with E-state index in [0.29, 0.717) is 17.8 Å². The average Bonchev–Trinajstić information content (AvgIpc) is 2.50. The van der Waals surface area contributed by atoms with Crippen LogP contribution in [0, 0.1) is 5.41 Å². The SMILES string of the molecule is CNC(=O)c1ccc2c(N(C)C(=O)CC(C)(C)C)nccc2c1. The van der Waals surface area contributed by atoms with Crippen molar-refractivity contribution in [3.8, 4) is 0 Å². The third-order valence-electron chi connectivity index (χ3n) is 3.61. The van der Waals surface area contributed by atoms with Gasteiger partial charge in [-0.2, -0.15) is 0 Å². The van der Waals surface area contributed by atoms with Crippen molar-refractivity contribution >= 4 is 28.4 Å². The number of hydrogen-bond donors (Lipinski definition) is 1. The monoisotopic (exact) mass is 313 g/mol. The third kappa shape index (κ3) is 3.86. The van der Waals surface area contributed by atoms with Gasteiger partial charge >= 0.3 is 0 Å². The van der Waals surface area contributed by atoms with Crippen LogP contribution >= 0.6 is 0 Å². The summed E-state index contributed by atoms with van der Waals surface area (Å²) in [5.74, 6) is 0.496. The van der Waals surface area contributed by atoms with E-state index in [1.807, 2.05) is 32.9 Å². The molecule has 0 radical (unpaired) electrons. The van der Waals surface area contributed by atoms with Gasteiger partial charge in [0, 0.05) is 37.7 Å². The Morgan fingerprint density at radius 2 is 1.91 bits per heavy atom. The van der Waals surface area contributed by atoms with E-state index in [1.54, 1.807) is 37.3 Å². The van der Waals surface area contributed by atoms with E-state index in [4.69, 9.17) is 0 Å². The van der Waals surface area contributed by atoms with Crippen LogP contribution in [0.25, 0.3) is 10.8 Å². The van der Waals surface area contributed by atoms with Crippen molar-refractivity contribution in [2.75, 3.05) is 19.0 Å². The van der Waals surface area contributed by atoms with Crippen molar-refractivity contribution in [1.82, 2.24) is 10.3 Å². The van der Waals surface area contributed by atoms with Gasteiger partial charge in [0.2, 0.25) is 5.91 Å². The maximum absolute atomic E-state index is 12.4. The molecule has 5 nitrogen and oxygen atoms in total. The molecule has 0 saturated carbocycles. The van der Waals surface area contributed by atoms with Crippen LogP contribution in [0.15, 0.2) is 30.5 Å². The van der Waals surface area contributed by atoms with E-state index in [0.717, 1.165) is 10.8 Å². The Kier molecular flexibility index (Phi) is 4.68. The van der Waals surface area contributed by atoms with Gasteiger partial charge in [-0.05, 0) is 35.1 Å². The van der Waals surface area contributed by atoms with Gasteiger partial charge in [-0.1, -0.05) is 20.8 Å². The first kappa shape index (κ1) is 16.9. The number of hydrogen-bond acceptors (Lipinski definition) is 3. The van der Waals surface area contributed by atoms with Crippen LogP contribution in [0.3, 0.4) is 0 Å². The highest BCUT2D eigenvalue weighted by Gasteiger charge is 2.21. The number of amides is 2. The third-order valence-corrected chi connectivity index (χ3v) is 3.61. The molecule has 0 saturated heterocycles. The molecule has 1 aromatic carbocycles. The molecule has 1 N–H and O–H groups in total. The molecular formula is C18H23N3O2. The molecule has 2 rings (SSSR count). The minimum Gasteiger partial charge on any atom is -0.355 e. The summed E-state index contributed by atoms with van der Waals surface area (Å²) in [5, 5.41) is 4.34. The first-order chi connectivity index (χ1) is 10.7. The zero-order valence-corrected chi connectivity index (χ0v) is 14.3. The fourth-order valence-electron chi connectivity index (χ4n) is 2.41. The zero-order valence-electron chi connectivity index (χ0n) is 14.3. The Morgan fingerprint density at radius 1 is 1.22 bits per heavy atom. The molecule has 122 valence electrons. The van der Waals surface area contributed by atoms with Crippen LogP contribution in [0.4, 0.5) is 5.82 Å². The standard InChI is InChI=1S/C18H23N3O2/c1-18(2,3)11-15(22)21(5)16-14-7-6-13(17(23)19-4)10-12(14)8-9-20-16/h6-10H,11H2,1-5H3,(H,19,23). The van der Waals surface area contributed by atoms with Crippen molar-refractivity contribution < 1.29 is 9.59 Å². The number of nitrogens with zero attached hydrogens (tertiary/aromatic N) is 2. The summed E-state index contributed by atoms with van der Waals surface area (Å²) in [6, 6.07) is 7.23. The van der Waals surface area contributed by atoms with E-state index < -0.39 is 0 Å². The molecular weight excluding hydrogens is 290 g/mol. The number of carbonyl (C=O) groups excluding carboxylic acids is 2. The number of nitrogens with one attached hydrogen (secondary N) is 1. The van der Waals surface area contributed by atoms with Gasteiger partial charge in [-0.3, -0.25) is 14.5 Å². The van der Waals surface area contributed by atoms with Crippen LogP contribution in [0.5, 0.6) is 0 Å². The number of fused-ring (bicyclic) bond motifs is 1. The second-order valence-corrected chi connectivity index (χ2v) is 6.84. The Hall–Kier alpha value is -2.43. The van der Waals surface area contributed by atoms with Crippen LogP contribution in [-0.2, 0) is 4.79 Å². The summed E-state index contributed by atoms with van der Waals surface area (Å²) in [7, 11) is 3.34. The van der Waals surface area contributed by atoms with Crippen LogP contribution in [-0.4, -0.2) is 30.9 Å². The normalized spacial score (nSPS) is 11.3. The smallest absolute Gasteiger partial charge is 0.251 e. The highest BCUT2D eigenvalue weighted by Crippen LogP contribution is 2.27. The highest BCUT2D eigenvalue weighted by molar-refractivity contribution is 6.04. The molecule has 1 heterocycles. The molecule has 0 bridgehead atoms. The van der Waals surface area contributed by atoms with E-state index in [2.05, 4.69) is 10.3 Å². The van der Waals surface area contributed by atoms with Crippen molar-refractivity contribution in [2.24, 2.45) is 5.41 Å². The van der Waals surface area contributed by atoms with E-state index >= 15 is 0 Å². The van der Waals surface area contributed by atoms with Gasteiger partial charge in [0.25, 0.3) is 5.91 Å². The zero-order chi connectivity index (χ0) is 17.2. The molecule has 1 aromatic heterocycles. The fraction of sp³-hybridized carbons (Fsp3) is 0.389. The minimum absolute atomic E-state index is 0.0212. The molecule has 0 spiro atoms. The van der Waals surface area contributed by atoms with Crippen LogP contribution in [0.2, 0.25) is 0 Å². The predicted octanol–water partition coefficient (Wildman–Crippen LogP) is 2.99. The van der Waals surface area contributed by atoms with Crippen molar-refractivity contribution in [3.05, 3.63) is 36.0 Å². The largest absolute Gasteiger partial charge is 0.355 e. The fourth-order valence-corrected chi connectivity index (χ4v) is 2.41. The summed E-state index contributed by atoms with van der Waals surface area (Å²) >= 11 is 0. The van der Waals surface area contributed by atoms with Gasteiger partial charge in [-0.25, -0.2) is 4.98 Å². The Labute approximate surface area is 136 Å². The summed E-state index contributed by atoms with van der Waals surface area (Å²) in [4.78, 5) is 30.1. The number of aromatic nitrogens is 1. The lowest BCUT2D eigenvalue weighted by atomic mass is 9.91. The molecule has 23 heavy (non-hydrogen) atoms. The molecule has 5 heteroatoms. The maximum Gasteiger partial charge on any atom is 0.251 e.